The summed E-state index contributed by atoms with van der Waals surface area (Å²) in [6.45, 7) is 2.67. The summed E-state index contributed by atoms with van der Waals surface area (Å²) in [5.74, 6) is -0.680. The monoisotopic (exact) mass is 257 g/mol. The fourth-order valence-electron chi connectivity index (χ4n) is 1.75. The van der Waals surface area contributed by atoms with Gasteiger partial charge in [0.15, 0.2) is 11.6 Å². The largest absolute Gasteiger partial charge is 0.337 e. The molecule has 0 spiro atoms. The van der Waals surface area contributed by atoms with E-state index in [9.17, 15) is 13.6 Å². The van der Waals surface area contributed by atoms with E-state index in [0.29, 0.717) is 13.1 Å². The molecule has 1 amide bonds. The molecule has 0 aliphatic carbocycles. The molecule has 1 fully saturated rings. The maximum atomic E-state index is 13.6. The zero-order chi connectivity index (χ0) is 12.4. The van der Waals surface area contributed by atoms with Gasteiger partial charge in [0.25, 0.3) is 5.91 Å². The maximum absolute atomic E-state index is 13.6. The first-order valence-corrected chi connectivity index (χ1v) is 6.58. The van der Waals surface area contributed by atoms with Gasteiger partial charge in [0.1, 0.15) is 0 Å². The van der Waals surface area contributed by atoms with Crippen LogP contribution in [0.2, 0.25) is 0 Å². The number of amides is 1. The van der Waals surface area contributed by atoms with E-state index in [1.54, 1.807) is 16.7 Å². The van der Waals surface area contributed by atoms with E-state index in [0.717, 1.165) is 11.5 Å². The lowest BCUT2D eigenvalue weighted by molar-refractivity contribution is 0.0766. The van der Waals surface area contributed by atoms with Crippen LogP contribution in [-0.4, -0.2) is 35.4 Å². The Morgan fingerprint density at radius 1 is 1.24 bits per heavy atom. The van der Waals surface area contributed by atoms with Gasteiger partial charge in [-0.3, -0.25) is 4.79 Å². The van der Waals surface area contributed by atoms with Crippen LogP contribution in [-0.2, 0) is 0 Å². The van der Waals surface area contributed by atoms with Crippen LogP contribution in [0.15, 0.2) is 12.1 Å². The Morgan fingerprint density at radius 2 is 1.88 bits per heavy atom. The average molecular weight is 257 g/mol. The van der Waals surface area contributed by atoms with Crippen molar-refractivity contribution in [3.05, 3.63) is 34.9 Å². The van der Waals surface area contributed by atoms with Crippen LogP contribution in [0.3, 0.4) is 0 Å². The second kappa shape index (κ2) is 5.04. The summed E-state index contributed by atoms with van der Waals surface area (Å²) < 4.78 is 27.0. The number of nitrogens with zero attached hydrogens (tertiary/aromatic N) is 1. The van der Waals surface area contributed by atoms with Gasteiger partial charge >= 0.3 is 0 Å². The van der Waals surface area contributed by atoms with Crippen molar-refractivity contribution in [1.82, 2.24) is 4.90 Å². The lowest BCUT2D eigenvalue weighted by Crippen LogP contribution is -2.38. The van der Waals surface area contributed by atoms with Gasteiger partial charge < -0.3 is 4.90 Å². The number of carbonyl (C=O) groups is 1. The van der Waals surface area contributed by atoms with Gasteiger partial charge in [-0.1, -0.05) is 6.07 Å². The van der Waals surface area contributed by atoms with Crippen LogP contribution in [0, 0.1) is 18.6 Å². The van der Waals surface area contributed by atoms with E-state index in [2.05, 4.69) is 0 Å². The minimum Gasteiger partial charge on any atom is -0.337 e. The number of aryl methyl sites for hydroxylation is 1. The first kappa shape index (κ1) is 12.4. The lowest BCUT2D eigenvalue weighted by atomic mass is 10.1. The second-order valence-corrected chi connectivity index (χ2v) is 5.19. The molecule has 0 unspecified atom stereocenters. The third kappa shape index (κ3) is 2.44. The molecular weight excluding hydrogens is 244 g/mol. The Balaban J connectivity index is 2.27. The summed E-state index contributed by atoms with van der Waals surface area (Å²) in [6.07, 6.45) is 0. The summed E-state index contributed by atoms with van der Waals surface area (Å²) in [7, 11) is 0. The molecule has 1 saturated heterocycles. The Labute approximate surface area is 103 Å². The van der Waals surface area contributed by atoms with Crippen LogP contribution in [0.5, 0.6) is 0 Å². The molecule has 5 heteroatoms. The Morgan fingerprint density at radius 3 is 2.53 bits per heavy atom. The molecule has 1 aromatic rings. The first-order chi connectivity index (χ1) is 8.11. The summed E-state index contributed by atoms with van der Waals surface area (Å²) >= 11 is 1.76. The van der Waals surface area contributed by atoms with Crippen LogP contribution in [0.4, 0.5) is 8.78 Å². The highest BCUT2D eigenvalue weighted by atomic mass is 32.2. The fourth-order valence-corrected chi connectivity index (χ4v) is 2.65. The van der Waals surface area contributed by atoms with Crippen molar-refractivity contribution < 1.29 is 13.6 Å². The van der Waals surface area contributed by atoms with Crippen LogP contribution >= 0.6 is 11.8 Å². The van der Waals surface area contributed by atoms with Crippen molar-refractivity contribution in [3.8, 4) is 0 Å². The smallest absolute Gasteiger partial charge is 0.256 e. The molecule has 0 radical (unpaired) electrons. The third-order valence-electron chi connectivity index (χ3n) is 2.80. The fraction of sp³-hybridized carbons (Fsp3) is 0.417. The van der Waals surface area contributed by atoms with Gasteiger partial charge in [0, 0.05) is 24.6 Å². The standard InChI is InChI=1S/C12H13F2NOS/c1-8-2-3-9(11(14)10(8)13)12(16)15-4-6-17-7-5-15/h2-3H,4-7H2,1H3. The molecule has 0 bridgehead atoms. The predicted octanol–water partition coefficient (Wildman–Crippen LogP) is 2.46. The van der Waals surface area contributed by atoms with Gasteiger partial charge in [-0.2, -0.15) is 11.8 Å². The molecule has 0 N–H and O–H groups in total. The molecule has 1 aliphatic rings. The van der Waals surface area contributed by atoms with Crippen LogP contribution in [0.25, 0.3) is 0 Å². The van der Waals surface area contributed by atoms with Gasteiger partial charge in [-0.15, -0.1) is 0 Å². The molecule has 0 atom stereocenters. The van der Waals surface area contributed by atoms with E-state index >= 15 is 0 Å². The molecule has 1 heterocycles. The topological polar surface area (TPSA) is 20.3 Å². The summed E-state index contributed by atoms with van der Waals surface area (Å²) in [6, 6.07) is 2.79. The average Bonchev–Trinajstić information content (AvgIpc) is 2.36. The number of halogens is 2. The molecule has 92 valence electrons. The quantitative estimate of drug-likeness (QED) is 0.770. The zero-order valence-corrected chi connectivity index (χ0v) is 10.3. The van der Waals surface area contributed by atoms with Crippen molar-refractivity contribution in [3.63, 3.8) is 0 Å². The number of rotatable bonds is 1. The first-order valence-electron chi connectivity index (χ1n) is 5.43. The molecule has 2 nitrogen and oxygen atoms in total. The predicted molar refractivity (Wildman–Crippen MR) is 64.3 cm³/mol. The molecule has 17 heavy (non-hydrogen) atoms. The van der Waals surface area contributed by atoms with Gasteiger partial charge in [-0.05, 0) is 18.6 Å². The molecular formula is C12H13F2NOS. The minimum absolute atomic E-state index is 0.167. The van der Waals surface area contributed by atoms with Crippen molar-refractivity contribution in [2.75, 3.05) is 24.6 Å². The number of hydrogen-bond donors (Lipinski definition) is 0. The van der Waals surface area contributed by atoms with Gasteiger partial charge in [-0.25, -0.2) is 8.78 Å². The molecule has 1 aromatic carbocycles. The summed E-state index contributed by atoms with van der Waals surface area (Å²) in [5.41, 5.74) is 0.0493. The Bertz CT molecular complexity index is 444. The van der Waals surface area contributed by atoms with Gasteiger partial charge in [0.05, 0.1) is 5.56 Å². The number of thioether (sulfide) groups is 1. The number of carbonyl (C=O) groups excluding carboxylic acids is 1. The molecule has 1 aliphatic heterocycles. The third-order valence-corrected chi connectivity index (χ3v) is 3.75. The van der Waals surface area contributed by atoms with Crippen LogP contribution in [0.1, 0.15) is 15.9 Å². The maximum Gasteiger partial charge on any atom is 0.256 e. The van der Waals surface area contributed by atoms with E-state index in [1.807, 2.05) is 0 Å². The van der Waals surface area contributed by atoms with Crippen molar-refractivity contribution in [1.29, 1.82) is 0 Å². The van der Waals surface area contributed by atoms with E-state index < -0.39 is 17.5 Å². The molecule has 2 rings (SSSR count). The lowest BCUT2D eigenvalue weighted by Gasteiger charge is -2.26. The van der Waals surface area contributed by atoms with Gasteiger partial charge in [0.2, 0.25) is 0 Å². The van der Waals surface area contributed by atoms with E-state index in [4.69, 9.17) is 0 Å². The van der Waals surface area contributed by atoms with Crippen molar-refractivity contribution in [2.45, 2.75) is 6.92 Å². The second-order valence-electron chi connectivity index (χ2n) is 3.96. The minimum atomic E-state index is -1.03. The molecule has 0 saturated carbocycles. The highest BCUT2D eigenvalue weighted by Crippen LogP contribution is 2.19. The SMILES string of the molecule is Cc1ccc(C(=O)N2CCSCC2)c(F)c1F. The normalized spacial score (nSPS) is 16.1. The van der Waals surface area contributed by atoms with Crippen molar-refractivity contribution >= 4 is 17.7 Å². The van der Waals surface area contributed by atoms with Crippen molar-refractivity contribution in [2.24, 2.45) is 0 Å². The van der Waals surface area contributed by atoms with Crippen LogP contribution < -0.4 is 0 Å². The number of benzene rings is 1. The Hall–Kier alpha value is -1.10. The highest BCUT2D eigenvalue weighted by molar-refractivity contribution is 7.99. The van der Waals surface area contributed by atoms with E-state index in [-0.39, 0.29) is 11.1 Å². The Kier molecular flexibility index (Phi) is 3.66. The number of hydrogen-bond acceptors (Lipinski definition) is 2. The van der Waals surface area contributed by atoms with E-state index in [1.165, 1.54) is 19.1 Å². The molecule has 0 aromatic heterocycles. The highest BCUT2D eigenvalue weighted by Gasteiger charge is 2.23. The summed E-state index contributed by atoms with van der Waals surface area (Å²) in [4.78, 5) is 13.6. The zero-order valence-electron chi connectivity index (χ0n) is 9.50. The summed E-state index contributed by atoms with van der Waals surface area (Å²) in [5, 5.41) is 0.